The van der Waals surface area contributed by atoms with E-state index in [1.165, 1.54) is 0 Å². The molecule has 1 saturated heterocycles. The fourth-order valence-electron chi connectivity index (χ4n) is 3.39. The van der Waals surface area contributed by atoms with Crippen LogP contribution in [0, 0.1) is 0 Å². The van der Waals surface area contributed by atoms with Crippen LogP contribution >= 0.6 is 11.6 Å². The van der Waals surface area contributed by atoms with Gasteiger partial charge in [0.1, 0.15) is 22.4 Å². The van der Waals surface area contributed by atoms with Gasteiger partial charge in [-0.05, 0) is 12.1 Å². The zero-order valence-corrected chi connectivity index (χ0v) is 16.8. The van der Waals surface area contributed by atoms with Crippen molar-refractivity contribution in [3.63, 3.8) is 0 Å². The van der Waals surface area contributed by atoms with E-state index in [0.717, 1.165) is 10.9 Å². The molecule has 0 N–H and O–H groups in total. The molecule has 1 aliphatic heterocycles. The minimum absolute atomic E-state index is 0.157. The molecular weight excluding hydrogens is 384 g/mol. The molecule has 0 spiro atoms. The Kier molecular flexibility index (Phi) is 4.53. The lowest BCUT2D eigenvalue weighted by atomic mass is 9.95. The van der Waals surface area contributed by atoms with Crippen molar-refractivity contribution in [3.8, 4) is 0 Å². The average molecular weight is 406 g/mol. The van der Waals surface area contributed by atoms with E-state index in [1.54, 1.807) is 11.1 Å². The van der Waals surface area contributed by atoms with E-state index in [-0.39, 0.29) is 24.9 Å². The minimum atomic E-state index is -2.69. The first-order valence-electron chi connectivity index (χ1n) is 9.24. The van der Waals surface area contributed by atoms with Crippen LogP contribution in [0.15, 0.2) is 30.6 Å². The maximum Gasteiger partial charge on any atom is 0.266 e. The van der Waals surface area contributed by atoms with Gasteiger partial charge in [0.15, 0.2) is 0 Å². The van der Waals surface area contributed by atoms with Crippen molar-refractivity contribution < 1.29 is 8.78 Å². The molecule has 0 radical (unpaired) electrons. The van der Waals surface area contributed by atoms with Gasteiger partial charge in [-0.25, -0.2) is 23.7 Å². The average Bonchev–Trinajstić information content (AvgIpc) is 3.18. The van der Waals surface area contributed by atoms with E-state index in [4.69, 9.17) is 16.6 Å². The largest absolute Gasteiger partial charge is 0.350 e. The van der Waals surface area contributed by atoms with E-state index in [2.05, 4.69) is 9.97 Å². The summed E-state index contributed by atoms with van der Waals surface area (Å²) in [5.41, 5.74) is 1.27. The van der Waals surface area contributed by atoms with Crippen LogP contribution in [0.1, 0.15) is 38.6 Å². The molecular formula is C20H22ClF2N5. The number of fused-ring (bicyclic) bond motifs is 1. The van der Waals surface area contributed by atoms with Gasteiger partial charge in [0, 0.05) is 36.3 Å². The fourth-order valence-corrected chi connectivity index (χ4v) is 3.57. The lowest BCUT2D eigenvalue weighted by molar-refractivity contribution is 0.0257. The first-order chi connectivity index (χ1) is 13.1. The molecule has 4 heterocycles. The van der Waals surface area contributed by atoms with Crippen LogP contribution in [-0.2, 0) is 12.0 Å². The molecule has 3 aromatic heterocycles. The Morgan fingerprint density at radius 2 is 2.00 bits per heavy atom. The van der Waals surface area contributed by atoms with Gasteiger partial charge >= 0.3 is 0 Å². The van der Waals surface area contributed by atoms with Crippen LogP contribution < -0.4 is 4.90 Å². The third kappa shape index (κ3) is 3.55. The molecule has 0 aliphatic carbocycles. The molecule has 0 atom stereocenters. The van der Waals surface area contributed by atoms with Gasteiger partial charge in [0.05, 0.1) is 18.5 Å². The van der Waals surface area contributed by atoms with Gasteiger partial charge in [0.2, 0.25) is 0 Å². The molecule has 0 unspecified atom stereocenters. The minimum Gasteiger partial charge on any atom is -0.350 e. The summed E-state index contributed by atoms with van der Waals surface area (Å²) in [4.78, 5) is 15.3. The number of halogens is 3. The topological polar surface area (TPSA) is 46.8 Å². The van der Waals surface area contributed by atoms with Crippen LogP contribution in [-0.4, -0.2) is 38.5 Å². The summed E-state index contributed by atoms with van der Waals surface area (Å²) < 4.78 is 29.6. The van der Waals surface area contributed by atoms with Gasteiger partial charge in [0.25, 0.3) is 5.92 Å². The molecule has 8 heteroatoms. The van der Waals surface area contributed by atoms with E-state index in [9.17, 15) is 8.78 Å². The van der Waals surface area contributed by atoms with Crippen molar-refractivity contribution >= 4 is 28.5 Å². The second-order valence-corrected chi connectivity index (χ2v) is 8.64. The summed E-state index contributed by atoms with van der Waals surface area (Å²) in [6.07, 6.45) is 3.38. The van der Waals surface area contributed by atoms with Crippen LogP contribution in [0.4, 0.5) is 14.6 Å². The van der Waals surface area contributed by atoms with Crippen molar-refractivity contribution in [2.24, 2.45) is 0 Å². The predicted molar refractivity (Wildman–Crippen MR) is 106 cm³/mol. The summed E-state index contributed by atoms with van der Waals surface area (Å²) in [5.74, 6) is -1.49. The molecule has 148 valence electrons. The molecule has 0 amide bonds. The Morgan fingerprint density at radius 1 is 1.21 bits per heavy atom. The zero-order valence-electron chi connectivity index (χ0n) is 16.1. The first kappa shape index (κ1) is 19.1. The molecule has 0 aromatic carbocycles. The van der Waals surface area contributed by atoms with Gasteiger partial charge in [-0.1, -0.05) is 38.4 Å². The second-order valence-electron chi connectivity index (χ2n) is 8.28. The predicted octanol–water partition coefficient (Wildman–Crippen LogP) is 4.67. The Morgan fingerprint density at radius 3 is 2.64 bits per heavy atom. The van der Waals surface area contributed by atoms with Gasteiger partial charge in [-0.3, -0.25) is 0 Å². The molecule has 1 fully saturated rings. The lowest BCUT2D eigenvalue weighted by Crippen LogP contribution is -2.27. The molecule has 4 rings (SSSR count). The van der Waals surface area contributed by atoms with Crippen LogP contribution in [0.25, 0.3) is 11.0 Å². The second kappa shape index (κ2) is 6.65. The maximum absolute atomic E-state index is 13.8. The number of pyridine rings is 1. The van der Waals surface area contributed by atoms with Gasteiger partial charge in [-0.2, -0.15) is 0 Å². The fraction of sp³-hybridized carbons (Fsp3) is 0.450. The van der Waals surface area contributed by atoms with E-state index in [0.29, 0.717) is 29.0 Å². The standard InChI is InChI=1S/C20H22ClF2N5/c1-19(2,3)18-25-16-14(17(26-18)28-10-7-20(22,23)12-28)6-9-27(16)11-13-5-4-8-24-15(13)21/h4-6,8-9H,7,10-12H2,1-3H3. The smallest absolute Gasteiger partial charge is 0.266 e. The van der Waals surface area contributed by atoms with Crippen molar-refractivity contribution in [2.45, 2.75) is 45.1 Å². The lowest BCUT2D eigenvalue weighted by Gasteiger charge is -2.23. The number of rotatable bonds is 3. The number of aromatic nitrogens is 4. The Hall–Kier alpha value is -2.28. The molecule has 5 nitrogen and oxygen atoms in total. The molecule has 1 aliphatic rings. The summed E-state index contributed by atoms with van der Waals surface area (Å²) in [7, 11) is 0. The van der Waals surface area contributed by atoms with E-state index < -0.39 is 5.92 Å². The Bertz CT molecular complexity index is 1030. The summed E-state index contributed by atoms with van der Waals surface area (Å²) >= 11 is 6.21. The SMILES string of the molecule is CC(C)(C)c1nc(N2CCC(F)(F)C2)c2ccn(Cc3cccnc3Cl)c2n1. The van der Waals surface area contributed by atoms with Gasteiger partial charge < -0.3 is 9.47 Å². The molecule has 28 heavy (non-hydrogen) atoms. The highest BCUT2D eigenvalue weighted by Crippen LogP contribution is 2.35. The quantitative estimate of drug-likeness (QED) is 0.594. The third-order valence-electron chi connectivity index (χ3n) is 4.92. The van der Waals surface area contributed by atoms with Crippen LogP contribution in [0.2, 0.25) is 5.15 Å². The van der Waals surface area contributed by atoms with Crippen molar-refractivity contribution in [3.05, 3.63) is 47.1 Å². The van der Waals surface area contributed by atoms with Crippen LogP contribution in [0.5, 0.6) is 0 Å². The number of nitrogens with zero attached hydrogens (tertiary/aromatic N) is 5. The highest BCUT2D eigenvalue weighted by molar-refractivity contribution is 6.30. The highest BCUT2D eigenvalue weighted by atomic mass is 35.5. The number of alkyl halides is 2. The summed E-state index contributed by atoms with van der Waals surface area (Å²) in [5, 5.41) is 1.21. The van der Waals surface area contributed by atoms with Crippen molar-refractivity contribution in [1.29, 1.82) is 0 Å². The monoisotopic (exact) mass is 405 g/mol. The van der Waals surface area contributed by atoms with Gasteiger partial charge in [-0.15, -0.1) is 0 Å². The summed E-state index contributed by atoms with van der Waals surface area (Å²) in [6, 6.07) is 5.63. The molecule has 0 saturated carbocycles. The van der Waals surface area contributed by atoms with E-state index >= 15 is 0 Å². The Labute approximate surface area is 167 Å². The third-order valence-corrected chi connectivity index (χ3v) is 5.26. The molecule has 0 bridgehead atoms. The highest BCUT2D eigenvalue weighted by Gasteiger charge is 2.40. The molecule has 3 aromatic rings. The number of hydrogen-bond donors (Lipinski definition) is 0. The zero-order chi connectivity index (χ0) is 20.1. The summed E-state index contributed by atoms with van der Waals surface area (Å²) in [6.45, 7) is 6.50. The van der Waals surface area contributed by atoms with E-state index in [1.807, 2.05) is 49.7 Å². The Balaban J connectivity index is 1.84. The maximum atomic E-state index is 13.8. The van der Waals surface area contributed by atoms with Crippen molar-refractivity contribution in [2.75, 3.05) is 18.0 Å². The number of anilines is 1. The normalized spacial score (nSPS) is 16.9. The van der Waals surface area contributed by atoms with Crippen LogP contribution in [0.3, 0.4) is 0 Å². The number of hydrogen-bond acceptors (Lipinski definition) is 4. The first-order valence-corrected chi connectivity index (χ1v) is 9.61. The van der Waals surface area contributed by atoms with Crippen molar-refractivity contribution in [1.82, 2.24) is 19.5 Å².